The Balaban J connectivity index is 2.82. The van der Waals surface area contributed by atoms with Gasteiger partial charge in [0.05, 0.1) is 0 Å². The number of rotatable bonds is 7. The van der Waals surface area contributed by atoms with Crippen LogP contribution in [-0.4, -0.2) is 23.6 Å². The van der Waals surface area contributed by atoms with Crippen molar-refractivity contribution in [3.63, 3.8) is 0 Å². The highest BCUT2D eigenvalue weighted by molar-refractivity contribution is 5.97. The van der Waals surface area contributed by atoms with Gasteiger partial charge in [0.1, 0.15) is 10.5 Å². The lowest BCUT2D eigenvalue weighted by atomic mass is 9.94. The highest BCUT2D eigenvalue weighted by Gasteiger charge is 2.08. The maximum absolute atomic E-state index is 5.97. The van der Waals surface area contributed by atoms with Gasteiger partial charge in [0.15, 0.2) is 0 Å². The Morgan fingerprint density at radius 1 is 1.24 bits per heavy atom. The Morgan fingerprint density at radius 2 is 2.00 bits per heavy atom. The normalized spacial score (nSPS) is 10.9. The first kappa shape index (κ1) is 14.2. The molecule has 0 amide bonds. The van der Waals surface area contributed by atoms with Gasteiger partial charge in [0.2, 0.25) is 0 Å². The smallest absolute Gasteiger partial charge is 0.145 e. The third kappa shape index (κ3) is 4.15. The zero-order valence-corrected chi connectivity index (χ0v) is 13.0. The fraction of sp³-hybridized carbons (Fsp3) is 0.538. The lowest BCUT2D eigenvalue weighted by molar-refractivity contribution is 0.341. The molecule has 0 aliphatic carbocycles. The van der Waals surface area contributed by atoms with E-state index in [0.717, 1.165) is 55.0 Å². The summed E-state index contributed by atoms with van der Waals surface area (Å²) in [6.45, 7) is 3.71. The summed E-state index contributed by atoms with van der Waals surface area (Å²) in [5.74, 6) is 0. The van der Waals surface area contributed by atoms with E-state index in [1.54, 1.807) is 0 Å². The first-order valence-electron chi connectivity index (χ1n) is 6.26. The highest BCUT2D eigenvalue weighted by Crippen LogP contribution is 2.23. The number of hydrogen-bond donors (Lipinski definition) is 2. The summed E-state index contributed by atoms with van der Waals surface area (Å²) in [4.78, 5) is 0. The van der Waals surface area contributed by atoms with E-state index < -0.39 is 0 Å². The number of nitrogens with two attached hydrogens (primary N) is 2. The topological polar surface area (TPSA) is 61.3 Å². The Kier molecular flexibility index (Phi) is 6.25. The monoisotopic (exact) mass is 252 g/mol. The number of hydrogen-bond acceptors (Lipinski definition) is 3. The number of aryl methyl sites for hydroxylation is 1. The molecule has 4 heteroatoms. The molecule has 0 atom stereocenters. The van der Waals surface area contributed by atoms with Crippen molar-refractivity contribution in [3.8, 4) is 0 Å². The molecule has 0 aromatic heterocycles. The lowest BCUT2D eigenvalue weighted by Gasteiger charge is -2.14. The quantitative estimate of drug-likeness (QED) is 0.426. The van der Waals surface area contributed by atoms with Crippen molar-refractivity contribution in [2.45, 2.75) is 32.6 Å². The summed E-state index contributed by atoms with van der Waals surface area (Å²) in [6.07, 6.45) is 4.21. The van der Waals surface area contributed by atoms with Gasteiger partial charge < -0.3 is 15.9 Å². The van der Waals surface area contributed by atoms with Gasteiger partial charge in [-0.05, 0) is 61.9 Å². The van der Waals surface area contributed by atoms with Crippen LogP contribution in [0.5, 0.6) is 0 Å². The summed E-state index contributed by atoms with van der Waals surface area (Å²) in [6, 6.07) is 4.17. The standard InChI is InChI=1S/C13H24N2OSi/c1-10-12(5-2-8-14)11(4-3-9-16-17)6-7-13(10)15/h6-7H,2-5,8-9,14-15H2,1,17H3. The minimum absolute atomic E-state index is 0.733. The minimum atomic E-state index is 0.733. The van der Waals surface area contributed by atoms with Gasteiger partial charge in [0.25, 0.3) is 0 Å². The zero-order chi connectivity index (χ0) is 12.7. The van der Waals surface area contributed by atoms with Crippen LogP contribution in [0.4, 0.5) is 5.69 Å². The van der Waals surface area contributed by atoms with E-state index in [1.165, 1.54) is 16.7 Å². The molecule has 0 heterocycles. The van der Waals surface area contributed by atoms with Crippen LogP contribution in [0.25, 0.3) is 0 Å². The Hall–Kier alpha value is -0.843. The first-order chi connectivity index (χ1) is 8.20. The molecule has 1 aromatic rings. The van der Waals surface area contributed by atoms with Gasteiger partial charge in [0, 0.05) is 12.3 Å². The molecule has 0 saturated heterocycles. The van der Waals surface area contributed by atoms with Gasteiger partial charge in [-0.3, -0.25) is 0 Å². The third-order valence-corrected chi connectivity index (χ3v) is 3.57. The lowest BCUT2D eigenvalue weighted by Crippen LogP contribution is -2.06. The maximum Gasteiger partial charge on any atom is 0.145 e. The molecule has 0 saturated carbocycles. The van der Waals surface area contributed by atoms with Gasteiger partial charge in [-0.1, -0.05) is 6.07 Å². The van der Waals surface area contributed by atoms with Crippen LogP contribution in [0.2, 0.25) is 0 Å². The van der Waals surface area contributed by atoms with E-state index in [-0.39, 0.29) is 0 Å². The second-order valence-electron chi connectivity index (χ2n) is 4.41. The summed E-state index contributed by atoms with van der Waals surface area (Å²) < 4.78 is 5.23. The minimum Gasteiger partial charge on any atom is -0.428 e. The Labute approximate surface area is 107 Å². The van der Waals surface area contributed by atoms with E-state index in [0.29, 0.717) is 0 Å². The molecule has 96 valence electrons. The van der Waals surface area contributed by atoms with E-state index in [1.807, 2.05) is 6.07 Å². The predicted molar refractivity (Wildman–Crippen MR) is 77.2 cm³/mol. The predicted octanol–water partition coefficient (Wildman–Crippen LogP) is 0.698. The second kappa shape index (κ2) is 7.48. The average Bonchev–Trinajstić information content (AvgIpc) is 2.33. The fourth-order valence-electron chi connectivity index (χ4n) is 2.10. The van der Waals surface area contributed by atoms with E-state index in [4.69, 9.17) is 15.9 Å². The van der Waals surface area contributed by atoms with Gasteiger partial charge in [-0.2, -0.15) is 0 Å². The largest absolute Gasteiger partial charge is 0.428 e. The third-order valence-electron chi connectivity index (χ3n) is 3.16. The van der Waals surface area contributed by atoms with Crippen LogP contribution in [0.1, 0.15) is 29.5 Å². The fourth-order valence-corrected chi connectivity index (χ4v) is 2.39. The number of benzene rings is 1. The summed E-state index contributed by atoms with van der Waals surface area (Å²) in [5.41, 5.74) is 16.5. The van der Waals surface area contributed by atoms with Crippen molar-refractivity contribution < 1.29 is 4.43 Å². The molecule has 17 heavy (non-hydrogen) atoms. The van der Waals surface area contributed by atoms with Gasteiger partial charge in [-0.25, -0.2) is 0 Å². The van der Waals surface area contributed by atoms with Crippen LogP contribution in [0.15, 0.2) is 12.1 Å². The molecule has 0 spiro atoms. The van der Waals surface area contributed by atoms with Gasteiger partial charge >= 0.3 is 0 Å². The summed E-state index contributed by atoms with van der Waals surface area (Å²) >= 11 is 0. The Bertz CT molecular complexity index is 356. The second-order valence-corrected chi connectivity index (χ2v) is 4.98. The molecule has 4 N–H and O–H groups in total. The number of anilines is 1. The molecule has 0 fully saturated rings. The number of nitrogen functional groups attached to an aromatic ring is 1. The molecule has 3 nitrogen and oxygen atoms in total. The van der Waals surface area contributed by atoms with E-state index in [9.17, 15) is 0 Å². The molecular formula is C13H24N2OSi. The summed E-state index contributed by atoms with van der Waals surface area (Å²) in [7, 11) is 0.826. The molecular weight excluding hydrogens is 228 g/mol. The zero-order valence-electron chi connectivity index (χ0n) is 11.0. The summed E-state index contributed by atoms with van der Waals surface area (Å²) in [5, 5.41) is 0. The van der Waals surface area contributed by atoms with Crippen LogP contribution in [0.3, 0.4) is 0 Å². The van der Waals surface area contributed by atoms with Gasteiger partial charge in [-0.15, -0.1) is 0 Å². The van der Waals surface area contributed by atoms with Crippen LogP contribution >= 0.6 is 0 Å². The molecule has 1 aromatic carbocycles. The van der Waals surface area contributed by atoms with Crippen molar-refractivity contribution >= 4 is 16.2 Å². The highest BCUT2D eigenvalue weighted by atomic mass is 28.2. The van der Waals surface area contributed by atoms with Crippen molar-refractivity contribution in [1.29, 1.82) is 0 Å². The van der Waals surface area contributed by atoms with Crippen LogP contribution < -0.4 is 11.5 Å². The van der Waals surface area contributed by atoms with E-state index >= 15 is 0 Å². The SMILES string of the molecule is Cc1c(N)ccc(CCCO[SiH3])c1CCCN. The van der Waals surface area contributed by atoms with Crippen LogP contribution in [-0.2, 0) is 17.3 Å². The molecule has 0 aliphatic rings. The Morgan fingerprint density at radius 3 is 2.65 bits per heavy atom. The molecule has 0 radical (unpaired) electrons. The van der Waals surface area contributed by atoms with Crippen LogP contribution in [0, 0.1) is 6.92 Å². The first-order valence-corrected chi connectivity index (χ1v) is 7.08. The van der Waals surface area contributed by atoms with Crippen molar-refractivity contribution in [1.82, 2.24) is 0 Å². The molecule has 0 bridgehead atoms. The molecule has 1 rings (SSSR count). The maximum atomic E-state index is 5.97. The van der Waals surface area contributed by atoms with Crippen molar-refractivity contribution in [3.05, 3.63) is 28.8 Å². The van der Waals surface area contributed by atoms with Crippen molar-refractivity contribution in [2.75, 3.05) is 18.9 Å². The average molecular weight is 252 g/mol. The van der Waals surface area contributed by atoms with E-state index in [2.05, 4.69) is 13.0 Å². The molecule has 0 aliphatic heterocycles. The van der Waals surface area contributed by atoms with Crippen molar-refractivity contribution in [2.24, 2.45) is 5.73 Å². The molecule has 0 unspecified atom stereocenters.